The topological polar surface area (TPSA) is 51.1 Å². The fraction of sp³-hybridized carbons (Fsp3) is 0.167. The van der Waals surface area contributed by atoms with Crippen LogP contribution in [-0.2, 0) is 0 Å². The lowest BCUT2D eigenvalue weighted by atomic mass is 9.96. The minimum absolute atomic E-state index is 0.0685. The highest BCUT2D eigenvalue weighted by Gasteiger charge is 2.43. The Balaban J connectivity index is 1.56. The van der Waals surface area contributed by atoms with E-state index in [1.54, 1.807) is 7.11 Å². The van der Waals surface area contributed by atoms with Crippen molar-refractivity contribution >= 4 is 27.4 Å². The minimum Gasteiger partial charge on any atom is -0.497 e. The van der Waals surface area contributed by atoms with Crippen LogP contribution in [0.25, 0.3) is 0 Å². The van der Waals surface area contributed by atoms with E-state index < -0.39 is 6.23 Å². The summed E-state index contributed by atoms with van der Waals surface area (Å²) in [6.07, 6.45) is -0.112. The van der Waals surface area contributed by atoms with E-state index in [9.17, 15) is 4.79 Å². The van der Waals surface area contributed by atoms with Crippen molar-refractivity contribution in [2.24, 2.45) is 5.10 Å². The number of nitrogens with zero attached hydrogens (tertiary/aromatic N) is 2. The van der Waals surface area contributed by atoms with E-state index in [-0.39, 0.29) is 11.8 Å². The highest BCUT2D eigenvalue weighted by molar-refractivity contribution is 9.10. The fourth-order valence-electron chi connectivity index (χ4n) is 3.93. The second-order valence-corrected chi connectivity index (χ2v) is 8.17. The summed E-state index contributed by atoms with van der Waals surface area (Å²) in [6, 6.07) is 22.9. The van der Waals surface area contributed by atoms with Crippen molar-refractivity contribution in [1.82, 2.24) is 5.01 Å². The van der Waals surface area contributed by atoms with Gasteiger partial charge in [-0.05, 0) is 48.0 Å². The molecule has 150 valence electrons. The molecular weight excluding hydrogens is 444 g/mol. The third kappa shape index (κ3) is 3.27. The van der Waals surface area contributed by atoms with Crippen LogP contribution < -0.4 is 9.47 Å². The molecule has 2 atom stereocenters. The fourth-order valence-corrected chi connectivity index (χ4v) is 4.31. The van der Waals surface area contributed by atoms with Gasteiger partial charge in [-0.1, -0.05) is 46.3 Å². The highest BCUT2D eigenvalue weighted by Crippen LogP contribution is 2.44. The molecular formula is C24H19BrN2O3. The summed E-state index contributed by atoms with van der Waals surface area (Å²) >= 11 is 3.55. The van der Waals surface area contributed by atoms with E-state index in [2.05, 4.69) is 15.9 Å². The van der Waals surface area contributed by atoms with Crippen molar-refractivity contribution in [3.05, 3.63) is 94.0 Å². The molecule has 0 fully saturated rings. The van der Waals surface area contributed by atoms with Gasteiger partial charge >= 0.3 is 0 Å². The molecule has 3 aromatic rings. The Morgan fingerprint density at radius 2 is 1.87 bits per heavy atom. The molecule has 2 aliphatic heterocycles. The van der Waals surface area contributed by atoms with Crippen molar-refractivity contribution < 1.29 is 14.3 Å². The van der Waals surface area contributed by atoms with Crippen LogP contribution in [0.15, 0.2) is 82.4 Å². The molecule has 5 nitrogen and oxygen atoms in total. The number of carbonyl (C=O) groups is 1. The summed E-state index contributed by atoms with van der Waals surface area (Å²) in [5.74, 6) is 1.42. The van der Waals surface area contributed by atoms with Crippen LogP contribution >= 0.6 is 15.9 Å². The monoisotopic (exact) mass is 462 g/mol. The molecule has 0 aliphatic carbocycles. The van der Waals surface area contributed by atoms with Gasteiger partial charge in [-0.25, -0.2) is 5.01 Å². The predicted octanol–water partition coefficient (Wildman–Crippen LogP) is 5.21. The maximum atomic E-state index is 13.3. The summed E-state index contributed by atoms with van der Waals surface area (Å²) in [6.45, 7) is 0. The zero-order valence-electron chi connectivity index (χ0n) is 16.3. The molecule has 0 spiro atoms. The van der Waals surface area contributed by atoms with Crippen LogP contribution in [0.5, 0.6) is 11.5 Å². The van der Waals surface area contributed by atoms with Crippen LogP contribution in [-0.4, -0.2) is 29.8 Å². The normalized spacial score (nSPS) is 19.4. The first kappa shape index (κ1) is 18.9. The molecule has 2 unspecified atom stereocenters. The third-order valence-corrected chi connectivity index (χ3v) is 5.95. The molecule has 3 aromatic carbocycles. The van der Waals surface area contributed by atoms with Gasteiger partial charge in [0.2, 0.25) is 5.78 Å². The van der Waals surface area contributed by atoms with Gasteiger partial charge in [-0.3, -0.25) is 4.79 Å². The van der Waals surface area contributed by atoms with Gasteiger partial charge in [0.05, 0.1) is 18.9 Å². The molecule has 0 saturated heterocycles. The standard InChI is InChI=1S/C24H19BrN2O3/c1-29-18-10-7-15(8-11-18)20-14-21-19-13-17(25)9-12-22(19)30-24(27(21)26-20)23(28)16-5-3-2-4-6-16/h2-13,21,24H,14H2,1H3. The molecule has 30 heavy (non-hydrogen) atoms. The first-order valence-electron chi connectivity index (χ1n) is 9.69. The lowest BCUT2D eigenvalue weighted by molar-refractivity contribution is -0.00459. The third-order valence-electron chi connectivity index (χ3n) is 5.46. The number of carbonyl (C=O) groups excluding carboxylic acids is 1. The lowest BCUT2D eigenvalue weighted by Gasteiger charge is -2.37. The summed E-state index contributed by atoms with van der Waals surface area (Å²) in [7, 11) is 1.65. The SMILES string of the molecule is COc1ccc(C2=NN3C(C(=O)c4ccccc4)Oc4ccc(Br)cc4C3C2)cc1. The van der Waals surface area contributed by atoms with Crippen molar-refractivity contribution in [2.75, 3.05) is 7.11 Å². The van der Waals surface area contributed by atoms with Crippen LogP contribution in [0.3, 0.4) is 0 Å². The molecule has 0 amide bonds. The number of hydrogen-bond donors (Lipinski definition) is 0. The highest BCUT2D eigenvalue weighted by atomic mass is 79.9. The van der Waals surface area contributed by atoms with E-state index in [4.69, 9.17) is 14.6 Å². The Bertz CT molecular complexity index is 1130. The summed E-state index contributed by atoms with van der Waals surface area (Å²) in [5.41, 5.74) is 3.56. The molecule has 0 radical (unpaired) electrons. The smallest absolute Gasteiger partial charge is 0.251 e. The number of Topliss-reactive ketones (excluding diaryl/α,β-unsaturated/α-hetero) is 1. The number of fused-ring (bicyclic) bond motifs is 3. The van der Waals surface area contributed by atoms with Gasteiger partial charge in [0.1, 0.15) is 11.5 Å². The molecule has 6 heteroatoms. The summed E-state index contributed by atoms with van der Waals surface area (Å²) in [5, 5.41) is 6.65. The Hall–Kier alpha value is -3.12. The Kier molecular flexibility index (Phi) is 4.79. The van der Waals surface area contributed by atoms with Crippen LogP contribution in [0.1, 0.15) is 33.9 Å². The maximum absolute atomic E-state index is 13.3. The number of halogens is 1. The van der Waals surface area contributed by atoms with Gasteiger partial charge in [-0.2, -0.15) is 5.10 Å². The van der Waals surface area contributed by atoms with Gasteiger partial charge in [0.25, 0.3) is 6.23 Å². The van der Waals surface area contributed by atoms with Crippen molar-refractivity contribution in [2.45, 2.75) is 18.7 Å². The zero-order valence-corrected chi connectivity index (χ0v) is 17.9. The van der Waals surface area contributed by atoms with E-state index in [1.165, 1.54) is 0 Å². The molecule has 5 rings (SSSR count). The zero-order chi connectivity index (χ0) is 20.7. The first-order chi connectivity index (χ1) is 14.6. The van der Waals surface area contributed by atoms with Crippen molar-refractivity contribution in [3.8, 4) is 11.5 Å². The van der Waals surface area contributed by atoms with E-state index in [0.29, 0.717) is 12.0 Å². The Morgan fingerprint density at radius 1 is 1.10 bits per heavy atom. The van der Waals surface area contributed by atoms with Gasteiger partial charge in [0, 0.05) is 22.0 Å². The average Bonchev–Trinajstić information content (AvgIpc) is 3.24. The Morgan fingerprint density at radius 3 is 2.60 bits per heavy atom. The molecule has 2 aliphatic rings. The Labute approximate surface area is 183 Å². The second kappa shape index (κ2) is 7.61. The van der Waals surface area contributed by atoms with Gasteiger partial charge in [-0.15, -0.1) is 0 Å². The number of ether oxygens (including phenoxy) is 2. The minimum atomic E-state index is -0.804. The second-order valence-electron chi connectivity index (χ2n) is 7.26. The van der Waals surface area contributed by atoms with E-state index >= 15 is 0 Å². The van der Waals surface area contributed by atoms with Crippen molar-refractivity contribution in [1.29, 1.82) is 0 Å². The largest absolute Gasteiger partial charge is 0.497 e. The number of ketones is 1. The van der Waals surface area contributed by atoms with Crippen LogP contribution in [0.2, 0.25) is 0 Å². The van der Waals surface area contributed by atoms with E-state index in [0.717, 1.165) is 32.8 Å². The van der Waals surface area contributed by atoms with Gasteiger partial charge < -0.3 is 9.47 Å². The predicted molar refractivity (Wildman–Crippen MR) is 118 cm³/mol. The van der Waals surface area contributed by atoms with Crippen molar-refractivity contribution in [3.63, 3.8) is 0 Å². The van der Waals surface area contributed by atoms with Crippen LogP contribution in [0, 0.1) is 0 Å². The lowest BCUT2D eigenvalue weighted by Crippen LogP contribution is -2.45. The summed E-state index contributed by atoms with van der Waals surface area (Å²) < 4.78 is 12.4. The van der Waals surface area contributed by atoms with Crippen LogP contribution in [0.4, 0.5) is 0 Å². The van der Waals surface area contributed by atoms with E-state index in [1.807, 2.05) is 77.8 Å². The summed E-state index contributed by atoms with van der Waals surface area (Å²) in [4.78, 5) is 13.3. The molecule has 2 heterocycles. The maximum Gasteiger partial charge on any atom is 0.251 e. The number of methoxy groups -OCH3 is 1. The van der Waals surface area contributed by atoms with Gasteiger partial charge in [0.15, 0.2) is 0 Å². The average molecular weight is 463 g/mol. The molecule has 0 N–H and O–H groups in total. The molecule has 0 aromatic heterocycles. The number of hydrogen-bond acceptors (Lipinski definition) is 5. The number of hydrazone groups is 1. The molecule has 0 saturated carbocycles. The molecule has 0 bridgehead atoms. The first-order valence-corrected chi connectivity index (χ1v) is 10.5. The number of benzene rings is 3. The quantitative estimate of drug-likeness (QED) is 0.499. The number of rotatable bonds is 4.